The summed E-state index contributed by atoms with van der Waals surface area (Å²) < 4.78 is 5.05. The van der Waals surface area contributed by atoms with Gasteiger partial charge < -0.3 is 10.3 Å². The van der Waals surface area contributed by atoms with Crippen molar-refractivity contribution >= 4 is 11.3 Å². The topological polar surface area (TPSA) is 77.8 Å². The molecule has 0 saturated heterocycles. The summed E-state index contributed by atoms with van der Waals surface area (Å²) in [5, 5.41) is 3.83. The summed E-state index contributed by atoms with van der Waals surface area (Å²) in [6.07, 6.45) is 4.03. The van der Waals surface area contributed by atoms with Crippen LogP contribution in [0.5, 0.6) is 0 Å². The minimum absolute atomic E-state index is 0.281. The van der Waals surface area contributed by atoms with Crippen LogP contribution in [0.25, 0.3) is 10.7 Å². The van der Waals surface area contributed by atoms with Crippen molar-refractivity contribution in [3.05, 3.63) is 30.3 Å². The molecule has 6 heteroatoms. The van der Waals surface area contributed by atoms with Crippen LogP contribution < -0.4 is 5.73 Å². The highest BCUT2D eigenvalue weighted by atomic mass is 32.1. The standard InChI is InChI=1S/C9H10N4OS/c1-2-3-6(10)9-12-8(13-14-9)7-4-11-5-15-7/h2,4-6H,1,3,10H2. The number of rotatable bonds is 4. The molecule has 0 aliphatic heterocycles. The van der Waals surface area contributed by atoms with E-state index >= 15 is 0 Å². The largest absolute Gasteiger partial charge is 0.337 e. The van der Waals surface area contributed by atoms with E-state index < -0.39 is 0 Å². The number of hydrogen-bond donors (Lipinski definition) is 1. The molecule has 0 amide bonds. The molecule has 78 valence electrons. The molecule has 0 radical (unpaired) electrons. The van der Waals surface area contributed by atoms with Crippen molar-refractivity contribution in [1.82, 2.24) is 15.1 Å². The van der Waals surface area contributed by atoms with Gasteiger partial charge in [0.15, 0.2) is 0 Å². The lowest BCUT2D eigenvalue weighted by Gasteiger charge is -1.99. The van der Waals surface area contributed by atoms with Gasteiger partial charge in [-0.1, -0.05) is 11.2 Å². The van der Waals surface area contributed by atoms with Crippen LogP contribution in [0, 0.1) is 0 Å². The van der Waals surface area contributed by atoms with Crippen LogP contribution in [0.1, 0.15) is 18.4 Å². The summed E-state index contributed by atoms with van der Waals surface area (Å²) >= 11 is 1.46. The van der Waals surface area contributed by atoms with Gasteiger partial charge in [0.25, 0.3) is 0 Å². The molecule has 2 N–H and O–H groups in total. The molecular formula is C9H10N4OS. The van der Waals surface area contributed by atoms with Gasteiger partial charge in [0.05, 0.1) is 16.4 Å². The first-order valence-electron chi connectivity index (χ1n) is 4.40. The first-order chi connectivity index (χ1) is 7.31. The summed E-state index contributed by atoms with van der Waals surface area (Å²) in [7, 11) is 0. The van der Waals surface area contributed by atoms with E-state index in [9.17, 15) is 0 Å². The monoisotopic (exact) mass is 222 g/mol. The summed E-state index contributed by atoms with van der Waals surface area (Å²) in [6, 6.07) is -0.281. The second-order valence-corrected chi connectivity index (χ2v) is 3.84. The zero-order valence-electron chi connectivity index (χ0n) is 7.96. The first-order valence-corrected chi connectivity index (χ1v) is 5.28. The van der Waals surface area contributed by atoms with Gasteiger partial charge in [-0.3, -0.25) is 4.98 Å². The van der Waals surface area contributed by atoms with E-state index in [0.717, 1.165) is 4.88 Å². The van der Waals surface area contributed by atoms with Crippen molar-refractivity contribution in [3.63, 3.8) is 0 Å². The van der Waals surface area contributed by atoms with Crippen LogP contribution in [0.4, 0.5) is 0 Å². The quantitative estimate of drug-likeness (QED) is 0.797. The fourth-order valence-electron chi connectivity index (χ4n) is 1.09. The van der Waals surface area contributed by atoms with Gasteiger partial charge in [-0.25, -0.2) is 0 Å². The number of hydrogen-bond acceptors (Lipinski definition) is 6. The lowest BCUT2D eigenvalue weighted by atomic mass is 10.2. The molecule has 0 aliphatic carbocycles. The van der Waals surface area contributed by atoms with Crippen molar-refractivity contribution in [2.45, 2.75) is 12.5 Å². The Labute approximate surface area is 90.6 Å². The molecule has 0 aliphatic rings. The Kier molecular flexibility index (Phi) is 2.89. The van der Waals surface area contributed by atoms with Crippen LogP contribution in [0.3, 0.4) is 0 Å². The molecule has 1 atom stereocenters. The third kappa shape index (κ3) is 2.11. The zero-order chi connectivity index (χ0) is 10.7. The van der Waals surface area contributed by atoms with E-state index in [1.807, 2.05) is 0 Å². The van der Waals surface area contributed by atoms with Crippen molar-refractivity contribution in [3.8, 4) is 10.7 Å². The minimum Gasteiger partial charge on any atom is -0.337 e. The van der Waals surface area contributed by atoms with E-state index in [1.54, 1.807) is 17.8 Å². The molecule has 5 nitrogen and oxygen atoms in total. The predicted octanol–water partition coefficient (Wildman–Crippen LogP) is 1.77. The second kappa shape index (κ2) is 4.33. The van der Waals surface area contributed by atoms with E-state index in [-0.39, 0.29) is 6.04 Å². The van der Waals surface area contributed by atoms with E-state index in [0.29, 0.717) is 18.1 Å². The van der Waals surface area contributed by atoms with Crippen molar-refractivity contribution in [1.29, 1.82) is 0 Å². The minimum atomic E-state index is -0.281. The average Bonchev–Trinajstić information content (AvgIpc) is 2.89. The second-order valence-electron chi connectivity index (χ2n) is 2.95. The van der Waals surface area contributed by atoms with Gasteiger partial charge in [0.1, 0.15) is 0 Å². The molecule has 2 rings (SSSR count). The summed E-state index contributed by atoms with van der Waals surface area (Å²) in [6.45, 7) is 3.61. The smallest absolute Gasteiger partial charge is 0.244 e. The highest BCUT2D eigenvalue weighted by Crippen LogP contribution is 2.21. The molecular weight excluding hydrogens is 212 g/mol. The fourth-order valence-corrected chi connectivity index (χ4v) is 1.64. The van der Waals surface area contributed by atoms with Crippen LogP contribution in [0.2, 0.25) is 0 Å². The molecule has 2 aromatic rings. The fraction of sp³-hybridized carbons (Fsp3) is 0.222. The molecule has 0 spiro atoms. The molecule has 15 heavy (non-hydrogen) atoms. The van der Waals surface area contributed by atoms with Crippen LogP contribution in [-0.2, 0) is 0 Å². The maximum Gasteiger partial charge on any atom is 0.244 e. The number of nitrogens with zero attached hydrogens (tertiary/aromatic N) is 3. The van der Waals surface area contributed by atoms with E-state index in [2.05, 4.69) is 21.7 Å². The van der Waals surface area contributed by atoms with E-state index in [4.69, 9.17) is 10.3 Å². The SMILES string of the molecule is C=CCC(N)c1nc(-c2cncs2)no1. The lowest BCUT2D eigenvalue weighted by molar-refractivity contribution is 0.356. The van der Waals surface area contributed by atoms with Crippen LogP contribution >= 0.6 is 11.3 Å². The summed E-state index contributed by atoms with van der Waals surface area (Å²) in [5.74, 6) is 0.963. The van der Waals surface area contributed by atoms with Crippen LogP contribution in [0.15, 0.2) is 28.9 Å². The molecule has 0 bridgehead atoms. The zero-order valence-corrected chi connectivity index (χ0v) is 8.78. The Morgan fingerprint density at radius 1 is 1.67 bits per heavy atom. The molecule has 2 aromatic heterocycles. The van der Waals surface area contributed by atoms with Gasteiger partial charge in [-0.15, -0.1) is 17.9 Å². The lowest BCUT2D eigenvalue weighted by Crippen LogP contribution is -2.09. The number of nitrogens with two attached hydrogens (primary N) is 1. The average molecular weight is 222 g/mol. The molecule has 1 unspecified atom stereocenters. The normalized spacial score (nSPS) is 12.6. The summed E-state index contributed by atoms with van der Waals surface area (Å²) in [4.78, 5) is 9.00. The van der Waals surface area contributed by atoms with Crippen molar-refractivity contribution in [2.24, 2.45) is 5.73 Å². The third-order valence-corrected chi connectivity index (χ3v) is 2.60. The summed E-state index contributed by atoms with van der Waals surface area (Å²) in [5.41, 5.74) is 7.51. The molecule has 0 saturated carbocycles. The Morgan fingerprint density at radius 3 is 3.20 bits per heavy atom. The van der Waals surface area contributed by atoms with E-state index in [1.165, 1.54) is 11.3 Å². The first kappa shape index (κ1) is 10.0. The Hall–Kier alpha value is -1.53. The van der Waals surface area contributed by atoms with Crippen molar-refractivity contribution < 1.29 is 4.52 Å². The van der Waals surface area contributed by atoms with Gasteiger partial charge >= 0.3 is 0 Å². The number of thiazole rings is 1. The van der Waals surface area contributed by atoms with Gasteiger partial charge in [0, 0.05) is 6.20 Å². The number of aromatic nitrogens is 3. The highest BCUT2D eigenvalue weighted by molar-refractivity contribution is 7.13. The Bertz CT molecular complexity index is 437. The maximum absolute atomic E-state index is 5.79. The van der Waals surface area contributed by atoms with Crippen LogP contribution in [-0.4, -0.2) is 15.1 Å². The maximum atomic E-state index is 5.79. The van der Waals surface area contributed by atoms with Gasteiger partial charge in [-0.05, 0) is 6.42 Å². The van der Waals surface area contributed by atoms with Gasteiger partial charge in [0.2, 0.25) is 11.7 Å². The van der Waals surface area contributed by atoms with Gasteiger partial charge in [-0.2, -0.15) is 4.98 Å². The predicted molar refractivity (Wildman–Crippen MR) is 57.1 cm³/mol. The molecule has 2 heterocycles. The highest BCUT2D eigenvalue weighted by Gasteiger charge is 2.14. The Morgan fingerprint density at radius 2 is 2.53 bits per heavy atom. The van der Waals surface area contributed by atoms with Crippen molar-refractivity contribution in [2.75, 3.05) is 0 Å². The Balaban J connectivity index is 2.20. The molecule has 0 fully saturated rings. The third-order valence-electron chi connectivity index (χ3n) is 1.83. The molecule has 0 aromatic carbocycles.